The SMILES string of the molecule is CCOC(=O)[C@@H](C)N1C(=O)S/C(=C/c2cc(Cl)c(O[C@H](C)CC)c(OC)c2)C1=O. The van der Waals surface area contributed by atoms with Gasteiger partial charge in [-0.25, -0.2) is 4.79 Å². The van der Waals surface area contributed by atoms with Crippen LogP contribution in [-0.4, -0.2) is 47.9 Å². The third-order valence-electron chi connectivity index (χ3n) is 4.28. The van der Waals surface area contributed by atoms with Crippen molar-refractivity contribution in [3.63, 3.8) is 0 Å². The molecule has 2 rings (SSSR count). The summed E-state index contributed by atoms with van der Waals surface area (Å²) in [5, 5.41) is -0.202. The Morgan fingerprint density at radius 2 is 1.97 bits per heavy atom. The number of thioether (sulfide) groups is 1. The molecular weight excluding hydrogens is 418 g/mol. The first-order valence-electron chi connectivity index (χ1n) is 9.21. The fourth-order valence-corrected chi connectivity index (χ4v) is 3.73. The van der Waals surface area contributed by atoms with Crippen molar-refractivity contribution in [3.05, 3.63) is 27.6 Å². The lowest BCUT2D eigenvalue weighted by atomic mass is 10.1. The number of imide groups is 1. The molecule has 0 unspecified atom stereocenters. The van der Waals surface area contributed by atoms with E-state index in [1.54, 1.807) is 19.1 Å². The molecule has 0 spiro atoms. The fourth-order valence-electron chi connectivity index (χ4n) is 2.56. The fraction of sp³-hybridized carbons (Fsp3) is 0.450. The summed E-state index contributed by atoms with van der Waals surface area (Å²) in [6.45, 7) is 7.19. The average molecular weight is 442 g/mol. The summed E-state index contributed by atoms with van der Waals surface area (Å²) in [5.74, 6) is -0.351. The predicted molar refractivity (Wildman–Crippen MR) is 112 cm³/mol. The highest BCUT2D eigenvalue weighted by molar-refractivity contribution is 8.18. The summed E-state index contributed by atoms with van der Waals surface area (Å²) < 4.78 is 16.1. The van der Waals surface area contributed by atoms with Gasteiger partial charge in [0.15, 0.2) is 11.5 Å². The highest BCUT2D eigenvalue weighted by Gasteiger charge is 2.41. The van der Waals surface area contributed by atoms with Crippen molar-refractivity contribution in [2.45, 2.75) is 46.3 Å². The van der Waals surface area contributed by atoms with Crippen LogP contribution < -0.4 is 9.47 Å². The van der Waals surface area contributed by atoms with Gasteiger partial charge in [0.1, 0.15) is 6.04 Å². The number of benzene rings is 1. The monoisotopic (exact) mass is 441 g/mol. The third kappa shape index (κ3) is 5.25. The van der Waals surface area contributed by atoms with Gasteiger partial charge in [0.2, 0.25) is 0 Å². The number of esters is 1. The van der Waals surface area contributed by atoms with E-state index in [-0.39, 0.29) is 17.6 Å². The highest BCUT2D eigenvalue weighted by atomic mass is 35.5. The van der Waals surface area contributed by atoms with Gasteiger partial charge in [-0.05, 0) is 62.7 Å². The molecule has 1 heterocycles. The molecule has 1 aromatic rings. The number of amides is 2. The molecule has 0 aromatic heterocycles. The molecule has 1 aromatic carbocycles. The van der Waals surface area contributed by atoms with Gasteiger partial charge in [0, 0.05) is 0 Å². The Morgan fingerprint density at radius 1 is 1.28 bits per heavy atom. The van der Waals surface area contributed by atoms with Crippen LogP contribution in [0.4, 0.5) is 4.79 Å². The number of nitrogens with zero attached hydrogens (tertiary/aromatic N) is 1. The zero-order valence-electron chi connectivity index (χ0n) is 17.0. The smallest absolute Gasteiger partial charge is 0.329 e. The second-order valence-corrected chi connectivity index (χ2v) is 7.75. The van der Waals surface area contributed by atoms with Crippen LogP contribution in [0, 0.1) is 0 Å². The molecule has 0 aliphatic carbocycles. The minimum absolute atomic E-state index is 0.0480. The molecule has 29 heavy (non-hydrogen) atoms. The Kier molecular flexibility index (Phi) is 7.98. The summed E-state index contributed by atoms with van der Waals surface area (Å²) in [6, 6.07) is 2.30. The van der Waals surface area contributed by atoms with Gasteiger partial charge < -0.3 is 14.2 Å². The van der Waals surface area contributed by atoms with Crippen LogP contribution in [0.3, 0.4) is 0 Å². The van der Waals surface area contributed by atoms with E-state index in [1.165, 1.54) is 20.1 Å². The molecule has 2 atom stereocenters. The Morgan fingerprint density at radius 3 is 2.55 bits per heavy atom. The van der Waals surface area contributed by atoms with Crippen LogP contribution in [0.2, 0.25) is 5.02 Å². The molecule has 1 aliphatic heterocycles. The van der Waals surface area contributed by atoms with Crippen LogP contribution in [0.25, 0.3) is 6.08 Å². The second kappa shape index (κ2) is 10.0. The standard InChI is InChI=1S/C20H24ClNO6S/c1-6-11(3)28-17-14(21)8-13(9-15(17)26-5)10-16-18(23)22(20(25)29-16)12(4)19(24)27-7-2/h8-12H,6-7H2,1-5H3/b16-10+/t11-,12-/m1/s1. The van der Waals surface area contributed by atoms with E-state index in [0.29, 0.717) is 22.1 Å². The van der Waals surface area contributed by atoms with Crippen molar-refractivity contribution in [1.29, 1.82) is 0 Å². The van der Waals surface area contributed by atoms with Gasteiger partial charge in [-0.15, -0.1) is 0 Å². The molecule has 1 saturated heterocycles. The van der Waals surface area contributed by atoms with Crippen LogP contribution in [0.15, 0.2) is 17.0 Å². The first-order valence-corrected chi connectivity index (χ1v) is 10.4. The van der Waals surface area contributed by atoms with Gasteiger partial charge in [-0.3, -0.25) is 14.5 Å². The van der Waals surface area contributed by atoms with Crippen molar-refractivity contribution in [3.8, 4) is 11.5 Å². The first kappa shape index (κ1) is 23.1. The van der Waals surface area contributed by atoms with Crippen LogP contribution in [-0.2, 0) is 14.3 Å². The number of hydrogen-bond acceptors (Lipinski definition) is 7. The van der Waals surface area contributed by atoms with E-state index in [9.17, 15) is 14.4 Å². The van der Waals surface area contributed by atoms with Gasteiger partial charge in [0.25, 0.3) is 11.1 Å². The van der Waals surface area contributed by atoms with Crippen molar-refractivity contribution in [2.24, 2.45) is 0 Å². The number of carbonyl (C=O) groups is 3. The maximum absolute atomic E-state index is 12.7. The third-order valence-corrected chi connectivity index (χ3v) is 5.45. The van der Waals surface area contributed by atoms with Gasteiger partial charge in [0.05, 0.1) is 29.7 Å². The number of carbonyl (C=O) groups excluding carboxylic acids is 3. The van der Waals surface area contributed by atoms with E-state index in [4.69, 9.17) is 25.8 Å². The van der Waals surface area contributed by atoms with Gasteiger partial charge in [-0.1, -0.05) is 18.5 Å². The van der Waals surface area contributed by atoms with Gasteiger partial charge in [-0.2, -0.15) is 0 Å². The molecular formula is C20H24ClNO6S. The molecule has 0 saturated carbocycles. The van der Waals surface area contributed by atoms with E-state index in [1.807, 2.05) is 13.8 Å². The highest BCUT2D eigenvalue weighted by Crippen LogP contribution is 2.40. The topological polar surface area (TPSA) is 82.1 Å². The second-order valence-electron chi connectivity index (χ2n) is 6.35. The lowest BCUT2D eigenvalue weighted by molar-refractivity contribution is -0.150. The summed E-state index contributed by atoms with van der Waals surface area (Å²) >= 11 is 7.11. The van der Waals surface area contributed by atoms with E-state index < -0.39 is 23.2 Å². The maximum atomic E-state index is 12.7. The molecule has 1 aliphatic rings. The number of hydrogen-bond donors (Lipinski definition) is 0. The van der Waals surface area contributed by atoms with Crippen LogP contribution in [0.5, 0.6) is 11.5 Å². The summed E-state index contributed by atoms with van der Waals surface area (Å²) in [5.41, 5.74) is 0.567. The lowest BCUT2D eigenvalue weighted by Gasteiger charge is -2.19. The van der Waals surface area contributed by atoms with Crippen molar-refractivity contribution >= 4 is 46.6 Å². The molecule has 0 radical (unpaired) electrons. The molecule has 2 amide bonds. The number of ether oxygens (including phenoxy) is 3. The van der Waals surface area contributed by atoms with E-state index >= 15 is 0 Å². The van der Waals surface area contributed by atoms with Crippen molar-refractivity contribution in [2.75, 3.05) is 13.7 Å². The van der Waals surface area contributed by atoms with Gasteiger partial charge >= 0.3 is 5.97 Å². The molecule has 0 bridgehead atoms. The van der Waals surface area contributed by atoms with Crippen LogP contribution in [0.1, 0.15) is 39.7 Å². The zero-order chi connectivity index (χ0) is 21.7. The molecule has 158 valence electrons. The summed E-state index contributed by atoms with van der Waals surface area (Å²) in [7, 11) is 1.49. The number of rotatable bonds is 8. The molecule has 0 N–H and O–H groups in total. The number of halogens is 1. The van der Waals surface area contributed by atoms with E-state index in [2.05, 4.69) is 0 Å². The molecule has 1 fully saturated rings. The van der Waals surface area contributed by atoms with E-state index in [0.717, 1.165) is 23.1 Å². The minimum Gasteiger partial charge on any atom is -0.493 e. The maximum Gasteiger partial charge on any atom is 0.329 e. The molecule has 9 heteroatoms. The normalized spacial score (nSPS) is 17.4. The average Bonchev–Trinajstić information content (AvgIpc) is 2.96. The van der Waals surface area contributed by atoms with Crippen molar-refractivity contribution in [1.82, 2.24) is 4.90 Å². The minimum atomic E-state index is -1.00. The largest absolute Gasteiger partial charge is 0.493 e. The van der Waals surface area contributed by atoms with Crippen LogP contribution >= 0.6 is 23.4 Å². The predicted octanol–water partition coefficient (Wildman–Crippen LogP) is 4.51. The summed E-state index contributed by atoms with van der Waals surface area (Å²) in [6.07, 6.45) is 2.28. The van der Waals surface area contributed by atoms with Crippen molar-refractivity contribution < 1.29 is 28.6 Å². The number of methoxy groups -OCH3 is 1. The molecule has 7 nitrogen and oxygen atoms in total. The zero-order valence-corrected chi connectivity index (χ0v) is 18.6. The quantitative estimate of drug-likeness (QED) is 0.433. The lowest BCUT2D eigenvalue weighted by Crippen LogP contribution is -2.42. The summed E-state index contributed by atoms with van der Waals surface area (Å²) in [4.78, 5) is 38.0. The Hall–Kier alpha value is -2.19. The Labute approximate surface area is 179 Å². The Balaban J connectivity index is 2.32. The Bertz CT molecular complexity index is 841. The first-order chi connectivity index (χ1) is 13.7.